The van der Waals surface area contributed by atoms with Gasteiger partial charge in [-0.2, -0.15) is 16.4 Å². The lowest BCUT2D eigenvalue weighted by Crippen LogP contribution is -2.66. The van der Waals surface area contributed by atoms with Gasteiger partial charge in [0.25, 0.3) is 0 Å². The smallest absolute Gasteiger partial charge is 0.149 e. The molecule has 0 bridgehead atoms. The third-order valence-corrected chi connectivity index (χ3v) is 7.36. The van der Waals surface area contributed by atoms with Crippen LogP contribution in [-0.4, -0.2) is 19.9 Å². The molecular weight excluding hydrogens is 435 g/mol. The summed E-state index contributed by atoms with van der Waals surface area (Å²) in [6, 6.07) is 46.0. The van der Waals surface area contributed by atoms with Crippen molar-refractivity contribution in [2.45, 2.75) is 0 Å². The molecule has 6 rings (SSSR count). The first-order chi connectivity index (χ1) is 17.8. The Morgan fingerprint density at radius 2 is 0.861 bits per heavy atom. The van der Waals surface area contributed by atoms with E-state index in [0.29, 0.717) is 6.61 Å². The number of hydrogen-bond acceptors (Lipinski definition) is 1. The van der Waals surface area contributed by atoms with Gasteiger partial charge in [-0.15, -0.1) is 5.92 Å². The Morgan fingerprint density at radius 1 is 0.500 bits per heavy atom. The van der Waals surface area contributed by atoms with Gasteiger partial charge in [0.1, 0.15) is 12.8 Å². The van der Waals surface area contributed by atoms with Crippen molar-refractivity contribution in [2.24, 2.45) is 0 Å². The van der Waals surface area contributed by atoms with Crippen molar-refractivity contribution in [1.82, 2.24) is 0 Å². The predicted molar refractivity (Wildman–Crippen MR) is 156 cm³/mol. The van der Waals surface area contributed by atoms with Crippen molar-refractivity contribution in [3.8, 4) is 11.7 Å². The Balaban J connectivity index is 1.71. The van der Waals surface area contributed by atoms with Gasteiger partial charge >= 0.3 is 0 Å². The third-order valence-electron chi connectivity index (χ3n) is 7.36. The zero-order chi connectivity index (χ0) is 24.4. The largest absolute Gasteiger partial charge is 0.372 e. The van der Waals surface area contributed by atoms with Gasteiger partial charge in [0.2, 0.25) is 0 Å². The summed E-state index contributed by atoms with van der Waals surface area (Å²) >= 11 is 0. The maximum absolute atomic E-state index is 5.39. The molecule has 0 spiro atoms. The van der Waals surface area contributed by atoms with Gasteiger partial charge in [0, 0.05) is 7.11 Å². The Kier molecular flexibility index (Phi) is 5.78. The topological polar surface area (TPSA) is 9.23 Å². The van der Waals surface area contributed by atoms with E-state index in [4.69, 9.17) is 4.74 Å². The first-order valence-electron chi connectivity index (χ1n) is 12.4. The van der Waals surface area contributed by atoms with Crippen molar-refractivity contribution >= 4 is 54.9 Å². The van der Waals surface area contributed by atoms with E-state index in [-0.39, 0.29) is 0 Å². The molecule has 2 heteroatoms. The van der Waals surface area contributed by atoms with Gasteiger partial charge in [-0.05, 0) is 32.3 Å². The number of ether oxygens (including phenoxy) is 1. The lowest BCUT2D eigenvalue weighted by molar-refractivity contribution is 0.240. The maximum atomic E-state index is 5.39. The molecule has 0 saturated carbocycles. The number of hydrogen-bond donors (Lipinski definition) is 0. The quantitative estimate of drug-likeness (QED) is 0.238. The van der Waals surface area contributed by atoms with Gasteiger partial charge in [0.05, 0.1) is 0 Å². The molecule has 0 saturated heterocycles. The molecule has 0 fully saturated rings. The molecule has 0 aliphatic heterocycles. The zero-order valence-corrected chi connectivity index (χ0v) is 20.3. The molecule has 0 atom stereocenters. The van der Waals surface area contributed by atoms with Crippen LogP contribution in [0.4, 0.5) is 0 Å². The summed E-state index contributed by atoms with van der Waals surface area (Å²) in [5, 5.41) is 7.34. The Labute approximate surface area is 212 Å². The average molecular weight is 461 g/mol. The molecule has 1 nitrogen and oxygen atoms in total. The van der Waals surface area contributed by atoms with E-state index in [1.165, 1.54) is 48.7 Å². The van der Waals surface area contributed by atoms with Gasteiger partial charge in [0.15, 0.2) is 0 Å². The second-order valence-electron chi connectivity index (χ2n) is 9.44. The van der Waals surface area contributed by atoms with E-state index in [1.54, 1.807) is 7.11 Å². The highest BCUT2D eigenvalue weighted by Crippen LogP contribution is 2.20. The van der Waals surface area contributed by atoms with Crippen LogP contribution in [-0.2, 0) is 4.74 Å². The van der Waals surface area contributed by atoms with Gasteiger partial charge in [-0.25, -0.2) is 0 Å². The molecule has 6 aromatic carbocycles. The average Bonchev–Trinajstić information content (AvgIpc) is 2.95. The van der Waals surface area contributed by atoms with Crippen LogP contribution in [0, 0.1) is 11.7 Å². The van der Waals surface area contributed by atoms with Crippen molar-refractivity contribution < 1.29 is 4.74 Å². The summed E-state index contributed by atoms with van der Waals surface area (Å²) in [5.74, 6) is 7.14. The van der Waals surface area contributed by atoms with Crippen LogP contribution in [0.1, 0.15) is 0 Å². The number of benzene rings is 6. The minimum absolute atomic E-state index is 0.387. The molecule has 0 aromatic heterocycles. The fraction of sp³-hybridized carbons (Fsp3) is 0.0588. The number of methoxy groups -OCH3 is 1. The molecule has 0 aliphatic rings. The number of rotatable bonds is 4. The molecular formula is C34H26BO-. The second kappa shape index (κ2) is 9.38. The molecule has 0 aliphatic carbocycles. The molecule has 0 unspecified atom stereocenters. The van der Waals surface area contributed by atoms with E-state index in [1.807, 2.05) is 0 Å². The summed E-state index contributed by atoms with van der Waals surface area (Å²) in [7, 11) is 1.70. The highest BCUT2D eigenvalue weighted by atomic mass is 16.5. The standard InChI is InChI=1S/C34H26BO/c1-36-22-8-21-35(32-18-15-26-9-2-5-12-29(26)23-32,33-19-16-27-10-3-6-13-30(27)24-33)34-20-17-28-11-4-7-14-31(28)25-34/h2-7,9-20,23-25H,22H2,1H3/q-1. The Hall–Kier alpha value is -4.32. The van der Waals surface area contributed by atoms with Crippen LogP contribution in [0.15, 0.2) is 127 Å². The molecule has 0 heterocycles. The normalized spacial score (nSPS) is 11.5. The molecule has 36 heavy (non-hydrogen) atoms. The van der Waals surface area contributed by atoms with Gasteiger partial charge < -0.3 is 4.74 Å². The first kappa shape index (κ1) is 22.2. The minimum Gasteiger partial charge on any atom is -0.372 e. The van der Waals surface area contributed by atoms with Gasteiger partial charge in [-0.3, -0.25) is 5.82 Å². The zero-order valence-electron chi connectivity index (χ0n) is 20.3. The first-order valence-corrected chi connectivity index (χ1v) is 12.4. The highest BCUT2D eigenvalue weighted by molar-refractivity contribution is 7.17. The van der Waals surface area contributed by atoms with Crippen LogP contribution >= 0.6 is 0 Å². The lowest BCUT2D eigenvalue weighted by atomic mass is 9.16. The summed E-state index contributed by atoms with van der Waals surface area (Å²) < 4.78 is 5.39. The lowest BCUT2D eigenvalue weighted by Gasteiger charge is -2.39. The number of fused-ring (bicyclic) bond motifs is 3. The van der Waals surface area contributed by atoms with Crippen molar-refractivity contribution in [2.75, 3.05) is 13.7 Å². The van der Waals surface area contributed by atoms with Crippen LogP contribution < -0.4 is 16.4 Å². The van der Waals surface area contributed by atoms with E-state index >= 15 is 0 Å². The fourth-order valence-corrected chi connectivity index (χ4v) is 5.53. The van der Waals surface area contributed by atoms with E-state index < -0.39 is 6.15 Å². The van der Waals surface area contributed by atoms with Crippen molar-refractivity contribution in [1.29, 1.82) is 0 Å². The Morgan fingerprint density at radius 3 is 1.22 bits per heavy atom. The molecule has 6 aromatic rings. The summed E-state index contributed by atoms with van der Waals surface area (Å²) in [4.78, 5) is 0. The summed E-state index contributed by atoms with van der Waals surface area (Å²) in [6.07, 6.45) is -1.61. The van der Waals surface area contributed by atoms with Crippen LogP contribution in [0.2, 0.25) is 0 Å². The van der Waals surface area contributed by atoms with Gasteiger partial charge in [-0.1, -0.05) is 127 Å². The van der Waals surface area contributed by atoms with Crippen molar-refractivity contribution in [3.05, 3.63) is 127 Å². The van der Waals surface area contributed by atoms with E-state index in [0.717, 1.165) is 0 Å². The maximum Gasteiger partial charge on any atom is 0.149 e. The van der Waals surface area contributed by atoms with Crippen molar-refractivity contribution in [3.63, 3.8) is 0 Å². The minimum atomic E-state index is -1.61. The van der Waals surface area contributed by atoms with Crippen LogP contribution in [0.5, 0.6) is 0 Å². The van der Waals surface area contributed by atoms with Crippen LogP contribution in [0.3, 0.4) is 0 Å². The highest BCUT2D eigenvalue weighted by Gasteiger charge is 2.29. The SMILES string of the molecule is COCC#C[B-](c1ccc2ccccc2c1)(c1ccc2ccccc2c1)c1ccc2ccccc2c1. The fourth-order valence-electron chi connectivity index (χ4n) is 5.53. The second-order valence-corrected chi connectivity index (χ2v) is 9.44. The summed E-state index contributed by atoms with van der Waals surface area (Å²) in [6.45, 7) is 0.387. The molecule has 0 N–H and O–H groups in total. The third kappa shape index (κ3) is 3.85. The van der Waals surface area contributed by atoms with E-state index in [9.17, 15) is 0 Å². The Bertz CT molecular complexity index is 1580. The monoisotopic (exact) mass is 461 g/mol. The van der Waals surface area contributed by atoms with E-state index in [2.05, 4.69) is 139 Å². The molecule has 0 radical (unpaired) electrons. The predicted octanol–water partition coefficient (Wildman–Crippen LogP) is 5.81. The molecule has 172 valence electrons. The van der Waals surface area contributed by atoms with Crippen LogP contribution in [0.25, 0.3) is 32.3 Å². The summed E-state index contributed by atoms with van der Waals surface area (Å²) in [5.41, 5.74) is 3.63. The molecule has 0 amide bonds.